The van der Waals surface area contributed by atoms with Crippen LogP contribution >= 0.6 is 0 Å². The molecule has 0 aliphatic heterocycles. The van der Waals surface area contributed by atoms with Crippen molar-refractivity contribution in [2.75, 3.05) is 14.2 Å². The fraction of sp³-hybridized carbons (Fsp3) is 0.889. The van der Waals surface area contributed by atoms with Crippen molar-refractivity contribution in [2.45, 2.75) is 38.4 Å². The SMILES string of the molecule is COC1CCCC(OC)[C]1C. The molecular weight excluding hydrogens is 140 g/mol. The van der Waals surface area contributed by atoms with E-state index in [1.165, 1.54) is 12.3 Å². The largest absolute Gasteiger partial charge is 0.381 e. The van der Waals surface area contributed by atoms with Gasteiger partial charge in [-0.2, -0.15) is 0 Å². The van der Waals surface area contributed by atoms with Gasteiger partial charge in [-0.05, 0) is 19.3 Å². The average molecular weight is 157 g/mol. The molecule has 1 fully saturated rings. The van der Waals surface area contributed by atoms with Gasteiger partial charge in [0.1, 0.15) is 0 Å². The van der Waals surface area contributed by atoms with E-state index in [4.69, 9.17) is 9.47 Å². The highest BCUT2D eigenvalue weighted by Gasteiger charge is 2.30. The number of methoxy groups -OCH3 is 2. The Morgan fingerprint density at radius 3 is 1.91 bits per heavy atom. The van der Waals surface area contributed by atoms with Crippen LogP contribution in [0.4, 0.5) is 0 Å². The zero-order chi connectivity index (χ0) is 8.27. The van der Waals surface area contributed by atoms with E-state index in [2.05, 4.69) is 6.92 Å². The molecule has 2 atom stereocenters. The standard InChI is InChI=1S/C9H17O2/c1-7-8(10-2)5-4-6-9(7)11-3/h8-9H,4-6H2,1-3H3. The minimum atomic E-state index is 0.327. The van der Waals surface area contributed by atoms with Crippen molar-refractivity contribution < 1.29 is 9.47 Å². The van der Waals surface area contributed by atoms with Gasteiger partial charge in [-0.25, -0.2) is 0 Å². The Kier molecular flexibility index (Phi) is 3.34. The molecule has 65 valence electrons. The third-order valence-corrected chi connectivity index (χ3v) is 2.52. The Labute approximate surface area is 68.9 Å². The third kappa shape index (κ3) is 1.94. The highest BCUT2D eigenvalue weighted by Crippen LogP contribution is 2.29. The fourth-order valence-corrected chi connectivity index (χ4v) is 1.76. The Morgan fingerprint density at radius 2 is 1.55 bits per heavy atom. The minimum Gasteiger partial charge on any atom is -0.381 e. The Bertz CT molecular complexity index is 102. The first kappa shape index (κ1) is 9.01. The van der Waals surface area contributed by atoms with Crippen LogP contribution in [0.2, 0.25) is 0 Å². The van der Waals surface area contributed by atoms with Crippen LogP contribution in [0, 0.1) is 5.92 Å². The highest BCUT2D eigenvalue weighted by atomic mass is 16.5. The molecule has 1 radical (unpaired) electrons. The molecular formula is C9H17O2. The van der Waals surface area contributed by atoms with E-state index < -0.39 is 0 Å². The van der Waals surface area contributed by atoms with Crippen molar-refractivity contribution in [3.63, 3.8) is 0 Å². The number of rotatable bonds is 2. The molecule has 0 aromatic heterocycles. The molecule has 1 aliphatic rings. The molecule has 1 saturated carbocycles. The topological polar surface area (TPSA) is 18.5 Å². The maximum atomic E-state index is 5.32. The summed E-state index contributed by atoms with van der Waals surface area (Å²) in [6, 6.07) is 0. The molecule has 1 rings (SSSR count). The predicted molar refractivity (Wildman–Crippen MR) is 44.4 cm³/mol. The van der Waals surface area contributed by atoms with Gasteiger partial charge in [-0.3, -0.25) is 0 Å². The first-order chi connectivity index (χ1) is 5.29. The maximum absolute atomic E-state index is 5.32. The molecule has 11 heavy (non-hydrogen) atoms. The molecule has 0 aromatic carbocycles. The molecule has 0 saturated heterocycles. The molecule has 0 N–H and O–H groups in total. The van der Waals surface area contributed by atoms with Crippen LogP contribution in [0.3, 0.4) is 0 Å². The van der Waals surface area contributed by atoms with Crippen LogP contribution in [0.15, 0.2) is 0 Å². The van der Waals surface area contributed by atoms with Crippen molar-refractivity contribution in [3.05, 3.63) is 5.92 Å². The van der Waals surface area contributed by atoms with E-state index in [-0.39, 0.29) is 0 Å². The van der Waals surface area contributed by atoms with E-state index in [0.717, 1.165) is 12.8 Å². The zero-order valence-electron chi connectivity index (χ0n) is 7.59. The molecule has 0 amide bonds. The van der Waals surface area contributed by atoms with Crippen molar-refractivity contribution in [2.24, 2.45) is 0 Å². The van der Waals surface area contributed by atoms with E-state index in [1.807, 2.05) is 0 Å². The van der Waals surface area contributed by atoms with Crippen LogP contribution in [0.5, 0.6) is 0 Å². The maximum Gasteiger partial charge on any atom is 0.0656 e. The smallest absolute Gasteiger partial charge is 0.0656 e. The molecule has 0 heterocycles. The summed E-state index contributed by atoms with van der Waals surface area (Å²) in [7, 11) is 3.54. The molecule has 1 aliphatic carbocycles. The first-order valence-electron chi connectivity index (χ1n) is 4.18. The summed E-state index contributed by atoms with van der Waals surface area (Å²) >= 11 is 0. The van der Waals surface area contributed by atoms with Gasteiger partial charge in [0.05, 0.1) is 12.2 Å². The Morgan fingerprint density at radius 1 is 1.09 bits per heavy atom. The summed E-state index contributed by atoms with van der Waals surface area (Å²) in [4.78, 5) is 0. The van der Waals surface area contributed by atoms with Crippen molar-refractivity contribution in [1.82, 2.24) is 0 Å². The normalized spacial score (nSPS) is 34.1. The van der Waals surface area contributed by atoms with Gasteiger partial charge >= 0.3 is 0 Å². The van der Waals surface area contributed by atoms with Crippen molar-refractivity contribution >= 4 is 0 Å². The van der Waals surface area contributed by atoms with Crippen LogP contribution in [-0.4, -0.2) is 26.4 Å². The van der Waals surface area contributed by atoms with E-state index in [0.29, 0.717) is 12.2 Å². The quantitative estimate of drug-likeness (QED) is 0.608. The van der Waals surface area contributed by atoms with Crippen LogP contribution in [-0.2, 0) is 9.47 Å². The summed E-state index contributed by atoms with van der Waals surface area (Å²) in [6.45, 7) is 2.13. The molecule has 2 nitrogen and oxygen atoms in total. The number of ether oxygens (including phenoxy) is 2. The zero-order valence-corrected chi connectivity index (χ0v) is 7.59. The lowest BCUT2D eigenvalue weighted by molar-refractivity contribution is 0.0149. The lowest BCUT2D eigenvalue weighted by Crippen LogP contribution is -2.34. The molecule has 0 aromatic rings. The third-order valence-electron chi connectivity index (χ3n) is 2.52. The molecule has 2 heteroatoms. The van der Waals surface area contributed by atoms with Crippen LogP contribution < -0.4 is 0 Å². The monoisotopic (exact) mass is 157 g/mol. The van der Waals surface area contributed by atoms with Crippen LogP contribution in [0.25, 0.3) is 0 Å². The number of hydrogen-bond donors (Lipinski definition) is 0. The van der Waals surface area contributed by atoms with E-state index >= 15 is 0 Å². The average Bonchev–Trinajstić information content (AvgIpc) is 2.05. The summed E-state index contributed by atoms with van der Waals surface area (Å²) in [6.07, 6.45) is 4.18. The van der Waals surface area contributed by atoms with Crippen LogP contribution in [0.1, 0.15) is 26.2 Å². The van der Waals surface area contributed by atoms with E-state index in [9.17, 15) is 0 Å². The van der Waals surface area contributed by atoms with Gasteiger partial charge in [-0.1, -0.05) is 6.92 Å². The Balaban J connectivity index is 2.45. The summed E-state index contributed by atoms with van der Waals surface area (Å²) < 4.78 is 10.6. The van der Waals surface area contributed by atoms with Gasteiger partial charge < -0.3 is 9.47 Å². The lowest BCUT2D eigenvalue weighted by atomic mass is 9.85. The number of hydrogen-bond acceptors (Lipinski definition) is 2. The predicted octanol–water partition coefficient (Wildman–Crippen LogP) is 1.79. The molecule has 2 unspecified atom stereocenters. The molecule has 0 spiro atoms. The highest BCUT2D eigenvalue weighted by molar-refractivity contribution is 5.03. The summed E-state index contributed by atoms with van der Waals surface area (Å²) in [5.41, 5.74) is 0. The van der Waals surface area contributed by atoms with Gasteiger partial charge in [0.2, 0.25) is 0 Å². The Hall–Kier alpha value is -0.0800. The lowest BCUT2D eigenvalue weighted by Gasteiger charge is -2.33. The van der Waals surface area contributed by atoms with E-state index in [1.54, 1.807) is 14.2 Å². The van der Waals surface area contributed by atoms with Gasteiger partial charge in [0.25, 0.3) is 0 Å². The van der Waals surface area contributed by atoms with Crippen molar-refractivity contribution in [1.29, 1.82) is 0 Å². The molecule has 0 bridgehead atoms. The first-order valence-corrected chi connectivity index (χ1v) is 4.18. The fourth-order valence-electron chi connectivity index (χ4n) is 1.76. The van der Waals surface area contributed by atoms with Gasteiger partial charge in [-0.15, -0.1) is 0 Å². The second-order valence-electron chi connectivity index (χ2n) is 3.12. The second kappa shape index (κ2) is 4.07. The van der Waals surface area contributed by atoms with Gasteiger partial charge in [0, 0.05) is 20.1 Å². The second-order valence-corrected chi connectivity index (χ2v) is 3.12. The summed E-state index contributed by atoms with van der Waals surface area (Å²) in [5, 5.41) is 0. The van der Waals surface area contributed by atoms with Gasteiger partial charge in [0.15, 0.2) is 0 Å². The minimum absolute atomic E-state index is 0.327. The van der Waals surface area contributed by atoms with Crippen molar-refractivity contribution in [3.8, 4) is 0 Å². The summed E-state index contributed by atoms with van der Waals surface area (Å²) in [5.74, 6) is 1.35.